The molecule has 40 heavy (non-hydrogen) atoms. The Morgan fingerprint density at radius 3 is 2.42 bits per heavy atom. The van der Waals surface area contributed by atoms with Crippen molar-refractivity contribution >= 4 is 52.8 Å². The van der Waals surface area contributed by atoms with Crippen LogP contribution in [0.2, 0.25) is 10.0 Å². The first-order valence-electron chi connectivity index (χ1n) is 12.2. The highest BCUT2D eigenvalue weighted by molar-refractivity contribution is 7.98. The summed E-state index contributed by atoms with van der Waals surface area (Å²) >= 11 is 13.7. The van der Waals surface area contributed by atoms with E-state index in [4.69, 9.17) is 42.6 Å². The second-order valence-electron chi connectivity index (χ2n) is 9.45. The summed E-state index contributed by atoms with van der Waals surface area (Å²) in [4.78, 5) is 23.8. The van der Waals surface area contributed by atoms with Crippen LogP contribution in [0.25, 0.3) is 0 Å². The van der Waals surface area contributed by atoms with Crippen molar-refractivity contribution < 1.29 is 37.3 Å². The number of nitrogens with one attached hydrogen (secondary N) is 2. The van der Waals surface area contributed by atoms with Gasteiger partial charge < -0.3 is 24.8 Å². The molecule has 0 spiro atoms. The third-order valence-electron chi connectivity index (χ3n) is 7.20. The Morgan fingerprint density at radius 2 is 1.80 bits per heavy atom. The van der Waals surface area contributed by atoms with Crippen molar-refractivity contribution in [3.63, 3.8) is 0 Å². The molecular formula is C26H30Cl2F3N3O5S. The number of amides is 2. The van der Waals surface area contributed by atoms with Crippen LogP contribution in [0, 0.1) is 0 Å². The summed E-state index contributed by atoms with van der Waals surface area (Å²) in [7, 11) is 5.54. The first-order valence-corrected chi connectivity index (χ1v) is 13.9. The van der Waals surface area contributed by atoms with Crippen LogP contribution in [0.5, 0.6) is 11.5 Å². The minimum Gasteiger partial charge on any atom is -0.493 e. The number of anilines is 1. The lowest BCUT2D eigenvalue weighted by Gasteiger charge is -2.44. The number of likely N-dealkylation sites (N-methyl/N-ethyl adjacent to an activating group) is 1. The van der Waals surface area contributed by atoms with E-state index in [0.29, 0.717) is 27.0 Å². The van der Waals surface area contributed by atoms with Gasteiger partial charge in [0, 0.05) is 16.7 Å². The van der Waals surface area contributed by atoms with Gasteiger partial charge in [-0.1, -0.05) is 35.3 Å². The maximum atomic E-state index is 12.4. The number of methoxy groups -OCH3 is 2. The number of urea groups is 1. The fraction of sp³-hybridized carbons (Fsp3) is 0.462. The molecule has 14 heteroatoms. The zero-order chi connectivity index (χ0) is 29.7. The monoisotopic (exact) mass is 623 g/mol. The molecule has 0 radical (unpaired) electrons. The van der Waals surface area contributed by atoms with Crippen molar-refractivity contribution in [2.75, 3.05) is 33.1 Å². The highest BCUT2D eigenvalue weighted by Gasteiger charge is 2.50. The first kappa shape index (κ1) is 32.0. The van der Waals surface area contributed by atoms with Gasteiger partial charge in [0.15, 0.2) is 11.5 Å². The van der Waals surface area contributed by atoms with Crippen molar-refractivity contribution in [1.29, 1.82) is 0 Å². The molecule has 2 fully saturated rings. The summed E-state index contributed by atoms with van der Waals surface area (Å²) in [6.07, 6.45) is -0.907. The zero-order valence-electron chi connectivity index (χ0n) is 22.0. The van der Waals surface area contributed by atoms with Gasteiger partial charge in [-0.25, -0.2) is 9.59 Å². The van der Waals surface area contributed by atoms with Gasteiger partial charge in [-0.05, 0) is 81.1 Å². The summed E-state index contributed by atoms with van der Waals surface area (Å²) in [6, 6.07) is 11.6. The van der Waals surface area contributed by atoms with Gasteiger partial charge in [-0.3, -0.25) is 4.72 Å². The molecule has 3 unspecified atom stereocenters. The highest BCUT2D eigenvalue weighted by Crippen LogP contribution is 2.51. The summed E-state index contributed by atoms with van der Waals surface area (Å²) in [6.45, 7) is 1.05. The lowest BCUT2D eigenvalue weighted by Crippen LogP contribution is -2.47. The third-order valence-corrected chi connectivity index (χ3v) is 9.08. The lowest BCUT2D eigenvalue weighted by atomic mass is 9.66. The summed E-state index contributed by atoms with van der Waals surface area (Å²) < 4.78 is 45.7. The number of alkyl halides is 3. The number of carbonyl (C=O) groups is 2. The Kier molecular flexibility index (Phi) is 10.7. The van der Waals surface area contributed by atoms with Crippen molar-refractivity contribution in [1.82, 2.24) is 9.62 Å². The Bertz CT molecular complexity index is 1220. The number of hydrogen-bond acceptors (Lipinski definition) is 6. The lowest BCUT2D eigenvalue weighted by molar-refractivity contribution is -0.192. The molecule has 1 aliphatic carbocycles. The molecule has 2 aliphatic rings. The molecule has 3 N–H and O–H groups in total. The molecule has 2 aromatic carbocycles. The predicted molar refractivity (Wildman–Crippen MR) is 150 cm³/mol. The summed E-state index contributed by atoms with van der Waals surface area (Å²) in [5, 5.41) is 11.0. The average Bonchev–Trinajstić information content (AvgIpc) is 3.26. The van der Waals surface area contributed by atoms with Gasteiger partial charge in [0.05, 0.1) is 30.0 Å². The quantitative estimate of drug-likeness (QED) is 0.311. The number of fused-ring (bicyclic) bond motifs is 1. The van der Waals surface area contributed by atoms with Crippen molar-refractivity contribution in [2.24, 2.45) is 0 Å². The van der Waals surface area contributed by atoms with E-state index in [1.54, 1.807) is 32.4 Å². The van der Waals surface area contributed by atoms with E-state index in [1.165, 1.54) is 17.5 Å². The van der Waals surface area contributed by atoms with Crippen molar-refractivity contribution in [2.45, 2.75) is 48.6 Å². The number of nitrogens with zero attached hydrogens (tertiary/aromatic N) is 1. The average molecular weight is 625 g/mol. The number of hydrogen-bond donors (Lipinski definition) is 3. The van der Waals surface area contributed by atoms with E-state index in [2.05, 4.69) is 34.1 Å². The summed E-state index contributed by atoms with van der Waals surface area (Å²) in [5.74, 6) is -1.24. The van der Waals surface area contributed by atoms with E-state index < -0.39 is 12.1 Å². The molecular weight excluding hydrogens is 594 g/mol. The molecule has 1 aliphatic heterocycles. The molecule has 220 valence electrons. The van der Waals surface area contributed by atoms with Gasteiger partial charge >= 0.3 is 18.2 Å². The number of aliphatic carboxylic acids is 1. The van der Waals surface area contributed by atoms with E-state index in [1.807, 2.05) is 6.07 Å². The second kappa shape index (κ2) is 13.4. The molecule has 1 heterocycles. The van der Waals surface area contributed by atoms with Crippen LogP contribution < -0.4 is 19.5 Å². The fourth-order valence-corrected chi connectivity index (χ4v) is 6.41. The van der Waals surface area contributed by atoms with E-state index in [-0.39, 0.29) is 11.4 Å². The summed E-state index contributed by atoms with van der Waals surface area (Å²) in [5.41, 5.74) is 1.88. The number of ether oxygens (including phenoxy) is 2. The van der Waals surface area contributed by atoms with E-state index >= 15 is 0 Å². The molecule has 0 aromatic heterocycles. The Morgan fingerprint density at radius 1 is 1.12 bits per heavy atom. The number of carboxylic acid groups (broad SMARTS) is 1. The SMILES string of the molecule is COc1ccc(C23CCC(SNC(=O)Nc4cccc(Cl)c4Cl)CC2N(C)CC3)cc1OC.O=C(O)C(F)(F)F. The molecule has 4 rings (SSSR count). The van der Waals surface area contributed by atoms with Gasteiger partial charge in [0.2, 0.25) is 0 Å². The van der Waals surface area contributed by atoms with Gasteiger partial charge in [0.1, 0.15) is 0 Å². The van der Waals surface area contributed by atoms with E-state index in [9.17, 15) is 18.0 Å². The Hall–Kier alpha value is -2.54. The number of rotatable bonds is 6. The van der Waals surface area contributed by atoms with Crippen LogP contribution in [0.1, 0.15) is 31.2 Å². The smallest absolute Gasteiger partial charge is 0.490 e. The Balaban J connectivity index is 0.000000559. The maximum absolute atomic E-state index is 12.4. The van der Waals surface area contributed by atoms with Crippen LogP contribution in [-0.4, -0.2) is 67.3 Å². The fourth-order valence-electron chi connectivity index (χ4n) is 5.22. The van der Waals surface area contributed by atoms with Crippen molar-refractivity contribution in [3.05, 3.63) is 52.0 Å². The third kappa shape index (κ3) is 7.39. The van der Waals surface area contributed by atoms with Crippen LogP contribution in [0.15, 0.2) is 36.4 Å². The predicted octanol–water partition coefficient (Wildman–Crippen LogP) is 6.61. The van der Waals surface area contributed by atoms with E-state index in [0.717, 1.165) is 43.7 Å². The zero-order valence-corrected chi connectivity index (χ0v) is 24.3. The van der Waals surface area contributed by atoms with Crippen molar-refractivity contribution in [3.8, 4) is 11.5 Å². The highest BCUT2D eigenvalue weighted by atomic mass is 35.5. The largest absolute Gasteiger partial charge is 0.493 e. The normalized spacial score (nSPS) is 22.4. The minimum absolute atomic E-state index is 0.0853. The molecule has 0 bridgehead atoms. The molecule has 1 saturated heterocycles. The van der Waals surface area contributed by atoms with Crippen LogP contribution in [-0.2, 0) is 10.2 Å². The number of carbonyl (C=O) groups excluding carboxylic acids is 1. The number of benzene rings is 2. The van der Waals surface area contributed by atoms with Gasteiger partial charge in [-0.15, -0.1) is 0 Å². The van der Waals surface area contributed by atoms with Gasteiger partial charge in [-0.2, -0.15) is 13.2 Å². The maximum Gasteiger partial charge on any atom is 0.490 e. The Labute approximate surface area is 244 Å². The second-order valence-corrected chi connectivity index (χ2v) is 11.3. The molecule has 1 saturated carbocycles. The van der Waals surface area contributed by atoms with Crippen LogP contribution >= 0.6 is 35.1 Å². The molecule has 2 amide bonds. The van der Waals surface area contributed by atoms with Gasteiger partial charge in [0.25, 0.3) is 0 Å². The molecule has 2 aromatic rings. The standard InChI is InChI=1S/C24H29Cl2N3O3S.C2HF3O2/c1-29-12-11-24(15-7-8-19(31-2)20(13-15)32-3)10-9-16(14-21(24)29)33-28-23(30)27-18-6-4-5-17(25)22(18)26;3-2(4,5)1(6)7/h4-8,13,16,21H,9-12,14H2,1-3H3,(H2,27,28,30);(H,6,7). The molecule has 3 atom stereocenters. The van der Waals surface area contributed by atoms with Crippen LogP contribution in [0.4, 0.5) is 23.7 Å². The minimum atomic E-state index is -5.08. The number of halogens is 5. The first-order chi connectivity index (χ1) is 18.8. The molecule has 8 nitrogen and oxygen atoms in total. The van der Waals surface area contributed by atoms with Crippen LogP contribution in [0.3, 0.4) is 0 Å². The topological polar surface area (TPSA) is 100 Å². The number of likely N-dealkylation sites (tertiary alicyclic amines) is 1. The number of carboxylic acids is 1.